The first-order chi connectivity index (χ1) is 9.08. The molecule has 1 atom stereocenters. The van der Waals surface area contributed by atoms with Crippen LogP contribution in [0.4, 0.5) is 0 Å². The molecule has 2 rings (SSSR count). The van der Waals surface area contributed by atoms with Crippen LogP contribution >= 0.6 is 15.9 Å². The van der Waals surface area contributed by atoms with Gasteiger partial charge in [-0.15, -0.1) is 0 Å². The van der Waals surface area contributed by atoms with Gasteiger partial charge in [0.1, 0.15) is 11.5 Å². The number of β-lactam (4-membered cyclic amide) rings is 1. The molecule has 1 N–H and O–H groups in total. The summed E-state index contributed by atoms with van der Waals surface area (Å²) in [6, 6.07) is 3.33. The molecule has 0 spiro atoms. The highest BCUT2D eigenvalue weighted by atomic mass is 79.9. The first-order valence-corrected chi connectivity index (χ1v) is 6.30. The number of carbonyl (C=O) groups is 2. The average Bonchev–Trinajstić information content (AvgIpc) is 2.40. The molecule has 7 heteroatoms. The normalized spacial score (nSPS) is 17.9. The summed E-state index contributed by atoms with van der Waals surface area (Å²) in [6.45, 7) is 0.424. The third-order valence-corrected chi connectivity index (χ3v) is 3.61. The van der Waals surface area contributed by atoms with Gasteiger partial charge in [-0.05, 0) is 28.1 Å². The molecular formula is C12H12BrNO5. The molecule has 19 heavy (non-hydrogen) atoms. The van der Waals surface area contributed by atoms with Gasteiger partial charge < -0.3 is 19.5 Å². The Morgan fingerprint density at radius 1 is 1.58 bits per heavy atom. The van der Waals surface area contributed by atoms with Crippen LogP contribution in [0, 0.1) is 0 Å². The average molecular weight is 330 g/mol. The first-order valence-electron chi connectivity index (χ1n) is 5.51. The van der Waals surface area contributed by atoms with Gasteiger partial charge in [0.2, 0.25) is 5.91 Å². The van der Waals surface area contributed by atoms with Gasteiger partial charge in [-0.1, -0.05) is 0 Å². The van der Waals surface area contributed by atoms with Crippen LogP contribution in [0.5, 0.6) is 11.5 Å². The van der Waals surface area contributed by atoms with E-state index in [0.717, 1.165) is 0 Å². The minimum atomic E-state index is -0.576. The number of carbonyl (C=O) groups excluding carboxylic acids is 2. The lowest BCUT2D eigenvalue weighted by atomic mass is 10.1. The van der Waals surface area contributed by atoms with Crippen LogP contribution < -0.4 is 4.74 Å². The maximum Gasteiger partial charge on any atom is 0.295 e. The minimum Gasteiger partial charge on any atom is -0.506 e. The minimum absolute atomic E-state index is 0.00361. The van der Waals surface area contributed by atoms with Gasteiger partial charge in [0.15, 0.2) is 6.23 Å². The van der Waals surface area contributed by atoms with Crippen LogP contribution in [0.3, 0.4) is 0 Å². The van der Waals surface area contributed by atoms with Crippen molar-refractivity contribution in [3.05, 3.63) is 22.2 Å². The predicted molar refractivity (Wildman–Crippen MR) is 68.5 cm³/mol. The number of amides is 1. The Balaban J connectivity index is 2.25. The summed E-state index contributed by atoms with van der Waals surface area (Å²) in [7, 11) is 1.48. The van der Waals surface area contributed by atoms with Crippen molar-refractivity contribution in [1.82, 2.24) is 4.90 Å². The zero-order valence-corrected chi connectivity index (χ0v) is 11.7. The molecule has 1 heterocycles. The van der Waals surface area contributed by atoms with Crippen LogP contribution in [0.1, 0.15) is 12.0 Å². The van der Waals surface area contributed by atoms with Crippen molar-refractivity contribution in [2.24, 2.45) is 0 Å². The van der Waals surface area contributed by atoms with E-state index < -0.39 is 6.23 Å². The fraction of sp³-hybridized carbons (Fsp3) is 0.333. The van der Waals surface area contributed by atoms with E-state index in [9.17, 15) is 14.7 Å². The van der Waals surface area contributed by atoms with E-state index in [1.165, 1.54) is 12.0 Å². The Morgan fingerprint density at radius 2 is 2.32 bits per heavy atom. The van der Waals surface area contributed by atoms with Crippen molar-refractivity contribution in [2.75, 3.05) is 7.11 Å². The van der Waals surface area contributed by atoms with Crippen LogP contribution in [0.15, 0.2) is 16.6 Å². The molecular weight excluding hydrogens is 318 g/mol. The molecule has 0 aromatic heterocycles. The molecule has 102 valence electrons. The highest BCUT2D eigenvalue weighted by Gasteiger charge is 2.38. The molecule has 1 aliphatic rings. The molecule has 1 aromatic rings. The number of aromatic hydroxyl groups is 1. The summed E-state index contributed by atoms with van der Waals surface area (Å²) in [5, 5.41) is 10.0. The number of rotatable bonds is 5. The van der Waals surface area contributed by atoms with Crippen molar-refractivity contribution >= 4 is 28.3 Å². The highest BCUT2D eigenvalue weighted by molar-refractivity contribution is 9.10. The molecule has 1 fully saturated rings. The van der Waals surface area contributed by atoms with E-state index in [1.54, 1.807) is 12.1 Å². The number of nitrogens with zero attached hydrogens (tertiary/aromatic N) is 1. The zero-order valence-electron chi connectivity index (χ0n) is 10.1. The monoisotopic (exact) mass is 329 g/mol. The largest absolute Gasteiger partial charge is 0.506 e. The number of phenols is 1. The summed E-state index contributed by atoms with van der Waals surface area (Å²) >= 11 is 3.20. The summed E-state index contributed by atoms with van der Waals surface area (Å²) < 4.78 is 10.4. The molecule has 0 bridgehead atoms. The number of halogens is 1. The molecule has 1 aromatic carbocycles. The highest BCUT2D eigenvalue weighted by Crippen LogP contribution is 2.37. The SMILES string of the molecule is COc1ccc(Br)c(O)c1CN1C(=O)CC1OC=O. The number of hydrogen-bond acceptors (Lipinski definition) is 5. The number of benzene rings is 1. The maximum absolute atomic E-state index is 11.5. The molecule has 1 saturated heterocycles. The Labute approximate surface area is 118 Å². The fourth-order valence-electron chi connectivity index (χ4n) is 1.90. The Kier molecular flexibility index (Phi) is 3.94. The molecule has 1 amide bonds. The van der Waals surface area contributed by atoms with Crippen LogP contribution in [0.2, 0.25) is 0 Å². The van der Waals surface area contributed by atoms with E-state index in [0.29, 0.717) is 22.3 Å². The Bertz CT molecular complexity index is 517. The maximum atomic E-state index is 11.5. The van der Waals surface area contributed by atoms with Gasteiger partial charge in [-0.25, -0.2) is 0 Å². The van der Waals surface area contributed by atoms with Crippen LogP contribution in [-0.4, -0.2) is 35.7 Å². The van der Waals surface area contributed by atoms with Gasteiger partial charge in [0, 0.05) is 0 Å². The quantitative estimate of drug-likeness (QED) is 0.652. The van der Waals surface area contributed by atoms with E-state index >= 15 is 0 Å². The molecule has 6 nitrogen and oxygen atoms in total. The molecule has 1 aliphatic heterocycles. The Hall–Kier alpha value is -1.76. The third-order valence-electron chi connectivity index (χ3n) is 2.97. The second-order valence-electron chi connectivity index (χ2n) is 3.99. The van der Waals surface area contributed by atoms with Crippen molar-refractivity contribution < 1.29 is 24.2 Å². The number of phenolic OH excluding ortho intramolecular Hbond substituents is 1. The topological polar surface area (TPSA) is 76.1 Å². The summed E-state index contributed by atoms with van der Waals surface area (Å²) in [6.07, 6.45) is -0.413. The second kappa shape index (κ2) is 5.48. The number of methoxy groups -OCH3 is 1. The van der Waals surface area contributed by atoms with Crippen molar-refractivity contribution in [3.8, 4) is 11.5 Å². The van der Waals surface area contributed by atoms with Gasteiger partial charge >= 0.3 is 0 Å². The molecule has 1 unspecified atom stereocenters. The van der Waals surface area contributed by atoms with Gasteiger partial charge in [-0.3, -0.25) is 9.59 Å². The second-order valence-corrected chi connectivity index (χ2v) is 4.84. The van der Waals surface area contributed by atoms with Crippen molar-refractivity contribution in [3.63, 3.8) is 0 Å². The van der Waals surface area contributed by atoms with Gasteiger partial charge in [0.25, 0.3) is 6.47 Å². The van der Waals surface area contributed by atoms with Gasteiger partial charge in [0.05, 0.1) is 30.1 Å². The fourth-order valence-corrected chi connectivity index (χ4v) is 2.28. The zero-order chi connectivity index (χ0) is 14.0. The standard InChI is InChI=1S/C12H12BrNO5/c1-18-9-3-2-8(13)12(17)7(9)5-14-10(16)4-11(14)19-6-15/h2-3,6,11,17H,4-5H2,1H3. The van der Waals surface area contributed by atoms with Crippen molar-refractivity contribution in [2.45, 2.75) is 19.2 Å². The van der Waals surface area contributed by atoms with E-state index in [2.05, 4.69) is 15.9 Å². The Morgan fingerprint density at radius 3 is 2.89 bits per heavy atom. The molecule has 0 radical (unpaired) electrons. The predicted octanol–water partition coefficient (Wildman–Crippen LogP) is 1.39. The molecule has 0 aliphatic carbocycles. The van der Waals surface area contributed by atoms with E-state index in [4.69, 9.17) is 9.47 Å². The summed E-state index contributed by atoms with van der Waals surface area (Å²) in [5.74, 6) is 0.322. The number of hydrogen-bond donors (Lipinski definition) is 1. The van der Waals surface area contributed by atoms with E-state index in [-0.39, 0.29) is 24.6 Å². The summed E-state index contributed by atoms with van der Waals surface area (Å²) in [4.78, 5) is 23.2. The van der Waals surface area contributed by atoms with Crippen LogP contribution in [-0.2, 0) is 20.9 Å². The van der Waals surface area contributed by atoms with Gasteiger partial charge in [-0.2, -0.15) is 0 Å². The third kappa shape index (κ3) is 2.51. The lowest BCUT2D eigenvalue weighted by Gasteiger charge is -2.38. The number of ether oxygens (including phenoxy) is 2. The van der Waals surface area contributed by atoms with Crippen molar-refractivity contribution in [1.29, 1.82) is 0 Å². The lowest BCUT2D eigenvalue weighted by Crippen LogP contribution is -2.53. The summed E-state index contributed by atoms with van der Waals surface area (Å²) in [5.41, 5.74) is 0.462. The van der Waals surface area contributed by atoms with Crippen LogP contribution in [0.25, 0.3) is 0 Å². The lowest BCUT2D eigenvalue weighted by molar-refractivity contribution is -0.177. The smallest absolute Gasteiger partial charge is 0.295 e. The molecule has 0 saturated carbocycles. The van der Waals surface area contributed by atoms with E-state index in [1.807, 2.05) is 0 Å². The number of likely N-dealkylation sites (tertiary alicyclic amines) is 1. The first kappa shape index (κ1) is 13.7.